The highest BCUT2D eigenvalue weighted by Crippen LogP contribution is 2.23. The summed E-state index contributed by atoms with van der Waals surface area (Å²) in [5, 5.41) is 18.3. The summed E-state index contributed by atoms with van der Waals surface area (Å²) in [5.74, 6) is -3.65. The van der Waals surface area contributed by atoms with Crippen LogP contribution in [0.5, 0.6) is 0 Å². The van der Waals surface area contributed by atoms with E-state index in [0.29, 0.717) is 6.04 Å². The molecule has 0 heterocycles. The normalized spacial score (nSPS) is 14.4. The number of halogens is 1. The van der Waals surface area contributed by atoms with Crippen LogP contribution in [0.15, 0.2) is 28.7 Å². The first-order valence-electron chi connectivity index (χ1n) is 5.97. The second-order valence-corrected chi connectivity index (χ2v) is 5.16. The van der Waals surface area contributed by atoms with Gasteiger partial charge in [0.15, 0.2) is 0 Å². The van der Waals surface area contributed by atoms with E-state index in [1.54, 1.807) is 0 Å². The molecule has 1 saturated carbocycles. The van der Waals surface area contributed by atoms with Crippen LogP contribution in [0.25, 0.3) is 0 Å². The Balaban J connectivity index is 0.000000258. The van der Waals surface area contributed by atoms with E-state index in [2.05, 4.69) is 45.5 Å². The Bertz CT molecular complexity index is 415. The molecule has 0 spiro atoms. The van der Waals surface area contributed by atoms with Gasteiger partial charge in [-0.25, -0.2) is 9.59 Å². The minimum absolute atomic E-state index is 0.709. The van der Waals surface area contributed by atoms with Crippen LogP contribution in [0.4, 0.5) is 5.69 Å². The lowest BCUT2D eigenvalue weighted by atomic mass is 10.2. The zero-order valence-electron chi connectivity index (χ0n) is 10.3. The van der Waals surface area contributed by atoms with Crippen molar-refractivity contribution in [2.24, 2.45) is 0 Å². The van der Waals surface area contributed by atoms with E-state index in [1.165, 1.54) is 31.4 Å². The van der Waals surface area contributed by atoms with E-state index in [1.807, 2.05) is 0 Å². The van der Waals surface area contributed by atoms with E-state index < -0.39 is 11.9 Å². The van der Waals surface area contributed by atoms with Crippen molar-refractivity contribution in [1.29, 1.82) is 0 Å². The quantitative estimate of drug-likeness (QED) is 0.726. The number of hydrogen-bond acceptors (Lipinski definition) is 3. The lowest BCUT2D eigenvalue weighted by Crippen LogP contribution is -2.14. The van der Waals surface area contributed by atoms with Crippen LogP contribution in [0, 0.1) is 0 Å². The third kappa shape index (κ3) is 6.24. The minimum atomic E-state index is -1.82. The molecule has 1 aliphatic carbocycles. The van der Waals surface area contributed by atoms with Gasteiger partial charge in [-0.05, 0) is 37.1 Å². The lowest BCUT2D eigenvalue weighted by molar-refractivity contribution is -0.159. The number of carboxylic acids is 2. The van der Waals surface area contributed by atoms with Crippen LogP contribution >= 0.6 is 15.9 Å². The molecule has 0 aromatic heterocycles. The van der Waals surface area contributed by atoms with Crippen molar-refractivity contribution in [2.75, 3.05) is 5.32 Å². The first kappa shape index (κ1) is 15.5. The second-order valence-electron chi connectivity index (χ2n) is 4.24. The highest BCUT2D eigenvalue weighted by molar-refractivity contribution is 9.10. The van der Waals surface area contributed by atoms with Gasteiger partial charge in [-0.1, -0.05) is 28.8 Å². The lowest BCUT2D eigenvalue weighted by Gasteiger charge is -2.12. The van der Waals surface area contributed by atoms with Crippen LogP contribution < -0.4 is 5.32 Å². The number of nitrogens with one attached hydrogen (secondary N) is 1. The Morgan fingerprint density at radius 2 is 1.53 bits per heavy atom. The molecule has 6 heteroatoms. The summed E-state index contributed by atoms with van der Waals surface area (Å²) in [6, 6.07) is 9.13. The molecule has 0 unspecified atom stereocenters. The molecule has 0 amide bonds. The van der Waals surface area contributed by atoms with Crippen molar-refractivity contribution in [3.63, 3.8) is 0 Å². The predicted molar refractivity (Wildman–Crippen MR) is 75.3 cm³/mol. The number of benzene rings is 1. The maximum atomic E-state index is 9.10. The zero-order valence-corrected chi connectivity index (χ0v) is 11.9. The zero-order chi connectivity index (χ0) is 14.3. The molecule has 0 aliphatic heterocycles. The van der Waals surface area contributed by atoms with Gasteiger partial charge >= 0.3 is 11.9 Å². The molecule has 104 valence electrons. The summed E-state index contributed by atoms with van der Waals surface area (Å²) < 4.78 is 1.14. The summed E-state index contributed by atoms with van der Waals surface area (Å²) in [5.41, 5.74) is 1.25. The van der Waals surface area contributed by atoms with Crippen LogP contribution in [-0.4, -0.2) is 28.2 Å². The number of anilines is 1. The standard InChI is InChI=1S/C11H14BrN.C2H2O4/c12-9-5-7-11(8-6-9)13-10-3-1-2-4-10;3-1(4)2(5)6/h5-8,10,13H,1-4H2;(H,3,4)(H,5,6). The Hall–Kier alpha value is -1.56. The Morgan fingerprint density at radius 1 is 1.05 bits per heavy atom. The van der Waals surface area contributed by atoms with Gasteiger partial charge in [0.05, 0.1) is 0 Å². The van der Waals surface area contributed by atoms with Gasteiger partial charge in [-0.15, -0.1) is 0 Å². The summed E-state index contributed by atoms with van der Waals surface area (Å²) in [6.45, 7) is 0. The number of aliphatic carboxylic acids is 2. The van der Waals surface area contributed by atoms with E-state index in [4.69, 9.17) is 19.8 Å². The molecule has 1 fully saturated rings. The van der Waals surface area contributed by atoms with Gasteiger partial charge in [-0.2, -0.15) is 0 Å². The van der Waals surface area contributed by atoms with Gasteiger partial charge in [-0.3, -0.25) is 0 Å². The average Bonchev–Trinajstić information content (AvgIpc) is 2.85. The monoisotopic (exact) mass is 329 g/mol. The van der Waals surface area contributed by atoms with Crippen molar-refractivity contribution in [2.45, 2.75) is 31.7 Å². The average molecular weight is 330 g/mol. The van der Waals surface area contributed by atoms with Crippen molar-refractivity contribution in [1.82, 2.24) is 0 Å². The van der Waals surface area contributed by atoms with Crippen molar-refractivity contribution < 1.29 is 19.8 Å². The molecule has 1 aromatic rings. The molecule has 0 bridgehead atoms. The summed E-state index contributed by atoms with van der Waals surface area (Å²) in [4.78, 5) is 18.2. The van der Waals surface area contributed by atoms with Crippen LogP contribution in [0.1, 0.15) is 25.7 Å². The largest absolute Gasteiger partial charge is 0.473 e. The fourth-order valence-electron chi connectivity index (χ4n) is 1.85. The van der Waals surface area contributed by atoms with Gasteiger partial charge in [0.1, 0.15) is 0 Å². The molecule has 0 saturated heterocycles. The molecule has 0 atom stereocenters. The van der Waals surface area contributed by atoms with Crippen molar-refractivity contribution >= 4 is 33.6 Å². The molecule has 1 aliphatic rings. The third-order valence-electron chi connectivity index (χ3n) is 2.75. The Morgan fingerprint density at radius 3 is 1.95 bits per heavy atom. The number of rotatable bonds is 2. The smallest absolute Gasteiger partial charge is 0.414 e. The maximum Gasteiger partial charge on any atom is 0.414 e. The minimum Gasteiger partial charge on any atom is -0.473 e. The molecule has 19 heavy (non-hydrogen) atoms. The first-order valence-corrected chi connectivity index (χ1v) is 6.76. The van der Waals surface area contributed by atoms with Gasteiger partial charge in [0, 0.05) is 16.2 Å². The van der Waals surface area contributed by atoms with Crippen molar-refractivity contribution in [3.05, 3.63) is 28.7 Å². The SMILES string of the molecule is Brc1ccc(NC2CCCC2)cc1.O=C(O)C(=O)O. The van der Waals surface area contributed by atoms with E-state index >= 15 is 0 Å². The summed E-state index contributed by atoms with van der Waals surface area (Å²) in [7, 11) is 0. The fraction of sp³-hybridized carbons (Fsp3) is 0.385. The molecule has 0 radical (unpaired) electrons. The van der Waals surface area contributed by atoms with Crippen LogP contribution in [0.3, 0.4) is 0 Å². The Labute approximate surface area is 119 Å². The number of carboxylic acid groups (broad SMARTS) is 2. The molecule has 1 aromatic carbocycles. The van der Waals surface area contributed by atoms with Gasteiger partial charge < -0.3 is 15.5 Å². The maximum absolute atomic E-state index is 9.10. The van der Waals surface area contributed by atoms with E-state index in [0.717, 1.165) is 4.47 Å². The topological polar surface area (TPSA) is 86.6 Å². The molecular weight excluding hydrogens is 314 g/mol. The number of carbonyl (C=O) groups is 2. The van der Waals surface area contributed by atoms with Crippen LogP contribution in [-0.2, 0) is 9.59 Å². The fourth-order valence-corrected chi connectivity index (χ4v) is 2.12. The van der Waals surface area contributed by atoms with Gasteiger partial charge in [0.25, 0.3) is 0 Å². The number of hydrogen-bond donors (Lipinski definition) is 3. The summed E-state index contributed by atoms with van der Waals surface area (Å²) >= 11 is 3.43. The van der Waals surface area contributed by atoms with Crippen molar-refractivity contribution in [3.8, 4) is 0 Å². The molecule has 5 nitrogen and oxygen atoms in total. The highest BCUT2D eigenvalue weighted by atomic mass is 79.9. The third-order valence-corrected chi connectivity index (χ3v) is 3.28. The van der Waals surface area contributed by atoms with Crippen LogP contribution in [0.2, 0.25) is 0 Å². The van der Waals surface area contributed by atoms with Gasteiger partial charge in [0.2, 0.25) is 0 Å². The molecular formula is C13H16BrNO4. The first-order chi connectivity index (χ1) is 8.99. The predicted octanol–water partition coefficient (Wildman–Crippen LogP) is 2.96. The Kier molecular flexibility index (Phi) is 6.35. The molecule has 3 N–H and O–H groups in total. The van der Waals surface area contributed by atoms with E-state index in [9.17, 15) is 0 Å². The highest BCUT2D eigenvalue weighted by Gasteiger charge is 2.13. The summed E-state index contributed by atoms with van der Waals surface area (Å²) in [6.07, 6.45) is 5.43. The second kappa shape index (κ2) is 7.78. The van der Waals surface area contributed by atoms with E-state index in [-0.39, 0.29) is 0 Å². The molecule has 2 rings (SSSR count).